The molecule has 5 heteroatoms. The van der Waals surface area contributed by atoms with Crippen LogP contribution in [0.5, 0.6) is 0 Å². The highest BCUT2D eigenvalue weighted by atomic mass is 16.1. The molecule has 0 aromatic heterocycles. The van der Waals surface area contributed by atoms with Crippen molar-refractivity contribution in [2.75, 3.05) is 6.54 Å². The summed E-state index contributed by atoms with van der Waals surface area (Å²) in [6, 6.07) is 0. The Balaban J connectivity index is 2.30. The number of hydrogen-bond acceptors (Lipinski definition) is 4. The van der Waals surface area contributed by atoms with Gasteiger partial charge in [0.15, 0.2) is 0 Å². The molecule has 2 N–H and O–H groups in total. The molecule has 0 unspecified atom stereocenters. The van der Waals surface area contributed by atoms with Gasteiger partial charge in [-0.2, -0.15) is 0 Å². The molecule has 0 radical (unpaired) electrons. The zero-order chi connectivity index (χ0) is 9.26. The summed E-state index contributed by atoms with van der Waals surface area (Å²) in [6.45, 7) is 0.674. The highest BCUT2D eigenvalue weighted by Crippen LogP contribution is 2.09. The first kappa shape index (κ1) is 7.72. The number of rotatable bonds is 1. The van der Waals surface area contributed by atoms with Gasteiger partial charge in [-0.15, -0.1) is 0 Å². The molecule has 66 valence electrons. The predicted octanol–water partition coefficient (Wildman–Crippen LogP) is -0.375. The van der Waals surface area contributed by atoms with Crippen LogP contribution in [0.3, 0.4) is 0 Å². The molecule has 0 fully saturated rings. The lowest BCUT2D eigenvalue weighted by Gasteiger charge is -2.22. The SMILES string of the molecule is NC(=O)C1=CN2CC=CN=C2N=C1. The van der Waals surface area contributed by atoms with Crippen molar-refractivity contribution in [3.8, 4) is 0 Å². The molecule has 2 aliphatic heterocycles. The highest BCUT2D eigenvalue weighted by molar-refractivity contribution is 6.15. The van der Waals surface area contributed by atoms with Crippen molar-refractivity contribution in [3.05, 3.63) is 24.0 Å². The van der Waals surface area contributed by atoms with E-state index in [-0.39, 0.29) is 0 Å². The van der Waals surface area contributed by atoms with Gasteiger partial charge in [-0.05, 0) is 6.08 Å². The number of carbonyl (C=O) groups is 1. The standard InChI is InChI=1S/C8H8N4O/c9-7(13)6-4-11-8-10-2-1-3-12(8)5-6/h1-2,4-5H,3H2,(H2,9,13). The van der Waals surface area contributed by atoms with Crippen molar-refractivity contribution < 1.29 is 4.79 Å². The summed E-state index contributed by atoms with van der Waals surface area (Å²) in [5.74, 6) is 0.116. The number of carbonyl (C=O) groups excluding carboxylic acids is 1. The van der Waals surface area contributed by atoms with E-state index in [2.05, 4.69) is 9.98 Å². The first-order valence-corrected chi connectivity index (χ1v) is 3.82. The van der Waals surface area contributed by atoms with E-state index in [1.54, 1.807) is 17.3 Å². The summed E-state index contributed by atoms with van der Waals surface area (Å²) < 4.78 is 0. The van der Waals surface area contributed by atoms with Gasteiger partial charge in [0.1, 0.15) is 0 Å². The fourth-order valence-electron chi connectivity index (χ4n) is 1.11. The molecular formula is C8H8N4O. The average molecular weight is 176 g/mol. The zero-order valence-electron chi connectivity index (χ0n) is 6.84. The number of aliphatic imine (C=N–C) groups is 2. The van der Waals surface area contributed by atoms with Crippen LogP contribution in [0.4, 0.5) is 0 Å². The third-order valence-electron chi connectivity index (χ3n) is 1.75. The molecule has 0 saturated carbocycles. The van der Waals surface area contributed by atoms with Crippen LogP contribution in [0, 0.1) is 0 Å². The van der Waals surface area contributed by atoms with E-state index in [1.165, 1.54) is 6.21 Å². The van der Waals surface area contributed by atoms with Crippen molar-refractivity contribution >= 4 is 18.1 Å². The molecule has 2 rings (SSSR count). The van der Waals surface area contributed by atoms with Crippen LogP contribution in [0.1, 0.15) is 0 Å². The third kappa shape index (κ3) is 1.35. The molecule has 2 heterocycles. The molecule has 0 aliphatic carbocycles. The minimum Gasteiger partial charge on any atom is -0.366 e. The molecule has 0 saturated heterocycles. The number of hydrogen-bond donors (Lipinski definition) is 1. The Labute approximate surface area is 75.0 Å². The lowest BCUT2D eigenvalue weighted by molar-refractivity contribution is -0.114. The summed E-state index contributed by atoms with van der Waals surface area (Å²) in [5.41, 5.74) is 5.50. The summed E-state index contributed by atoms with van der Waals surface area (Å²) >= 11 is 0. The summed E-state index contributed by atoms with van der Waals surface area (Å²) in [7, 11) is 0. The molecule has 0 bridgehead atoms. The van der Waals surface area contributed by atoms with Crippen LogP contribution < -0.4 is 5.73 Å². The second-order valence-corrected chi connectivity index (χ2v) is 2.67. The smallest absolute Gasteiger partial charge is 0.251 e. The van der Waals surface area contributed by atoms with Crippen LogP contribution >= 0.6 is 0 Å². The average Bonchev–Trinajstić information content (AvgIpc) is 2.17. The summed E-state index contributed by atoms with van der Waals surface area (Å²) in [4.78, 5) is 20.6. The van der Waals surface area contributed by atoms with Gasteiger partial charge >= 0.3 is 0 Å². The maximum atomic E-state index is 10.8. The Morgan fingerprint density at radius 3 is 3.23 bits per heavy atom. The van der Waals surface area contributed by atoms with Gasteiger partial charge in [-0.25, -0.2) is 9.98 Å². The van der Waals surface area contributed by atoms with Gasteiger partial charge in [0.2, 0.25) is 5.96 Å². The van der Waals surface area contributed by atoms with Gasteiger partial charge < -0.3 is 10.6 Å². The molecule has 0 aromatic carbocycles. The lowest BCUT2D eigenvalue weighted by Crippen LogP contribution is -2.32. The van der Waals surface area contributed by atoms with E-state index < -0.39 is 5.91 Å². The molecule has 0 atom stereocenters. The molecule has 0 aromatic rings. The number of guanidine groups is 1. The van der Waals surface area contributed by atoms with Gasteiger partial charge in [-0.1, -0.05) is 0 Å². The lowest BCUT2D eigenvalue weighted by atomic mass is 10.2. The van der Waals surface area contributed by atoms with E-state index in [0.29, 0.717) is 18.1 Å². The maximum Gasteiger partial charge on any atom is 0.251 e. The number of fused-ring (bicyclic) bond motifs is 1. The molecule has 2 aliphatic rings. The van der Waals surface area contributed by atoms with Crippen molar-refractivity contribution in [1.29, 1.82) is 0 Å². The van der Waals surface area contributed by atoms with Gasteiger partial charge in [0.05, 0.1) is 5.57 Å². The number of amides is 1. The maximum absolute atomic E-state index is 10.8. The normalized spacial score (nSPS) is 19.2. The van der Waals surface area contributed by atoms with Gasteiger partial charge in [0.25, 0.3) is 5.91 Å². The van der Waals surface area contributed by atoms with Crippen molar-refractivity contribution in [2.24, 2.45) is 15.7 Å². The quantitative estimate of drug-likeness (QED) is 0.591. The van der Waals surface area contributed by atoms with Crippen molar-refractivity contribution in [1.82, 2.24) is 4.90 Å². The number of nitrogens with two attached hydrogens (primary N) is 1. The van der Waals surface area contributed by atoms with Crippen molar-refractivity contribution in [3.63, 3.8) is 0 Å². The fourth-order valence-corrected chi connectivity index (χ4v) is 1.11. The zero-order valence-corrected chi connectivity index (χ0v) is 6.84. The Hall–Kier alpha value is -1.91. The fraction of sp³-hybridized carbons (Fsp3) is 0.125. The van der Waals surface area contributed by atoms with Crippen molar-refractivity contribution in [2.45, 2.75) is 0 Å². The third-order valence-corrected chi connectivity index (χ3v) is 1.75. The van der Waals surface area contributed by atoms with E-state index >= 15 is 0 Å². The topological polar surface area (TPSA) is 71.1 Å². The molecule has 13 heavy (non-hydrogen) atoms. The van der Waals surface area contributed by atoms with Gasteiger partial charge in [0, 0.05) is 25.2 Å². The monoisotopic (exact) mass is 176 g/mol. The molecule has 5 nitrogen and oxygen atoms in total. The number of nitrogens with zero attached hydrogens (tertiary/aromatic N) is 3. The van der Waals surface area contributed by atoms with Crippen LogP contribution in [-0.4, -0.2) is 29.5 Å². The minimum absolute atomic E-state index is 0.397. The second kappa shape index (κ2) is 2.85. The summed E-state index contributed by atoms with van der Waals surface area (Å²) in [6.07, 6.45) is 6.64. The van der Waals surface area contributed by atoms with E-state index in [4.69, 9.17) is 5.73 Å². The van der Waals surface area contributed by atoms with E-state index in [1.807, 2.05) is 6.08 Å². The van der Waals surface area contributed by atoms with Crippen LogP contribution in [0.15, 0.2) is 34.0 Å². The molecular weight excluding hydrogens is 168 g/mol. The highest BCUT2D eigenvalue weighted by Gasteiger charge is 2.16. The largest absolute Gasteiger partial charge is 0.366 e. The Kier molecular flexibility index (Phi) is 1.70. The second-order valence-electron chi connectivity index (χ2n) is 2.67. The minimum atomic E-state index is -0.475. The van der Waals surface area contributed by atoms with Crippen LogP contribution in [-0.2, 0) is 4.79 Å². The van der Waals surface area contributed by atoms with Gasteiger partial charge in [-0.3, -0.25) is 4.79 Å². The Morgan fingerprint density at radius 2 is 2.46 bits per heavy atom. The van der Waals surface area contributed by atoms with E-state index in [0.717, 1.165) is 0 Å². The molecule has 0 spiro atoms. The first-order valence-electron chi connectivity index (χ1n) is 3.82. The van der Waals surface area contributed by atoms with Crippen LogP contribution in [0.25, 0.3) is 0 Å². The Morgan fingerprint density at radius 1 is 1.62 bits per heavy atom. The Bertz CT molecular complexity index is 364. The predicted molar refractivity (Wildman–Crippen MR) is 49.1 cm³/mol. The van der Waals surface area contributed by atoms with Crippen LogP contribution in [0.2, 0.25) is 0 Å². The van der Waals surface area contributed by atoms with E-state index in [9.17, 15) is 4.79 Å². The summed E-state index contributed by atoms with van der Waals surface area (Å²) in [5, 5.41) is 0. The molecule has 1 amide bonds. The first-order chi connectivity index (χ1) is 6.27. The number of primary amides is 1.